The highest BCUT2D eigenvalue weighted by Crippen LogP contribution is 2.46. The van der Waals surface area contributed by atoms with E-state index in [2.05, 4.69) is 19.1 Å². The lowest BCUT2D eigenvalue weighted by Crippen LogP contribution is -2.59. The molecule has 3 atom stereocenters. The van der Waals surface area contributed by atoms with Crippen molar-refractivity contribution in [2.45, 2.75) is 36.4 Å². The largest absolute Gasteiger partial charge is 0.380 e. The van der Waals surface area contributed by atoms with Crippen LogP contribution in [0.4, 0.5) is 0 Å². The number of allylic oxidation sites excluding steroid dienone is 1. The molecule has 1 aliphatic rings. The van der Waals surface area contributed by atoms with Crippen molar-refractivity contribution in [1.29, 1.82) is 0 Å². The Bertz CT molecular complexity index is 488. The lowest BCUT2D eigenvalue weighted by atomic mass is 9.73. The molecular weight excluding hydrogens is 356 g/mol. The summed E-state index contributed by atoms with van der Waals surface area (Å²) in [5, 5.41) is 0. The van der Waals surface area contributed by atoms with Crippen molar-refractivity contribution in [2.75, 3.05) is 42.7 Å². The Hall–Kier alpha value is -0.326. The maximum atomic E-state index is 5.85. The topological polar surface area (TPSA) is 55.4 Å². The Kier molecular flexibility index (Phi) is 8.22. The zero-order valence-corrected chi connectivity index (χ0v) is 21.0. The van der Waals surface area contributed by atoms with Crippen LogP contribution >= 0.6 is 0 Å². The van der Waals surface area contributed by atoms with E-state index in [0.29, 0.717) is 6.42 Å². The standard InChI is InChI=1S/C17H34O6Si2/c1-15(17(22-6,23-7)14(25)19-3)10-8-12(9-11-15)16(20-4,21-5)13(24)18-2/h8-10,13-14H,11H2,1-7,24-25H3. The van der Waals surface area contributed by atoms with Crippen LogP contribution in [-0.4, -0.2) is 86.2 Å². The second-order valence-corrected chi connectivity index (χ2v) is 8.62. The molecule has 1 aliphatic carbocycles. The lowest BCUT2D eigenvalue weighted by molar-refractivity contribution is -0.291. The van der Waals surface area contributed by atoms with Crippen LogP contribution in [0.15, 0.2) is 23.8 Å². The first-order valence-electron chi connectivity index (χ1n) is 8.43. The highest BCUT2D eigenvalue weighted by atomic mass is 28.1. The smallest absolute Gasteiger partial charge is 0.217 e. The molecule has 0 fully saturated rings. The van der Waals surface area contributed by atoms with Crippen molar-refractivity contribution < 1.29 is 28.4 Å². The average molecular weight is 391 g/mol. The van der Waals surface area contributed by atoms with Gasteiger partial charge in [-0.25, -0.2) is 0 Å². The average Bonchev–Trinajstić information content (AvgIpc) is 2.65. The zero-order valence-electron chi connectivity index (χ0n) is 17.0. The third-order valence-electron chi connectivity index (χ3n) is 5.57. The van der Waals surface area contributed by atoms with Crippen LogP contribution in [0.25, 0.3) is 0 Å². The molecule has 0 saturated heterocycles. The molecule has 0 N–H and O–H groups in total. The predicted molar refractivity (Wildman–Crippen MR) is 105 cm³/mol. The normalized spacial score (nSPS) is 24.4. The molecule has 0 saturated carbocycles. The van der Waals surface area contributed by atoms with Gasteiger partial charge in [0.2, 0.25) is 5.79 Å². The van der Waals surface area contributed by atoms with E-state index in [1.54, 1.807) is 42.7 Å². The number of hydrogen-bond acceptors (Lipinski definition) is 6. The van der Waals surface area contributed by atoms with Gasteiger partial charge in [-0.05, 0) is 6.42 Å². The van der Waals surface area contributed by atoms with Gasteiger partial charge < -0.3 is 28.4 Å². The van der Waals surface area contributed by atoms with Gasteiger partial charge in [-0.1, -0.05) is 25.2 Å². The summed E-state index contributed by atoms with van der Waals surface area (Å²) in [6, 6.07) is 0. The second-order valence-electron chi connectivity index (χ2n) is 6.52. The van der Waals surface area contributed by atoms with Crippen molar-refractivity contribution in [3.05, 3.63) is 23.8 Å². The molecule has 8 heteroatoms. The van der Waals surface area contributed by atoms with Gasteiger partial charge in [-0.3, -0.25) is 0 Å². The third-order valence-corrected chi connectivity index (χ3v) is 8.03. The Labute approximate surface area is 157 Å². The Morgan fingerprint density at radius 3 is 1.76 bits per heavy atom. The molecule has 0 aliphatic heterocycles. The highest BCUT2D eigenvalue weighted by molar-refractivity contribution is 6.12. The predicted octanol–water partition coefficient (Wildman–Crippen LogP) is -0.467. The number of methoxy groups -OCH3 is 6. The Morgan fingerprint density at radius 2 is 1.44 bits per heavy atom. The van der Waals surface area contributed by atoms with Gasteiger partial charge in [-0.2, -0.15) is 0 Å². The van der Waals surface area contributed by atoms with Crippen LogP contribution in [0.3, 0.4) is 0 Å². The van der Waals surface area contributed by atoms with Gasteiger partial charge in [0.25, 0.3) is 0 Å². The molecule has 0 radical (unpaired) electrons. The van der Waals surface area contributed by atoms with Gasteiger partial charge in [0, 0.05) is 74.1 Å². The molecule has 0 spiro atoms. The summed E-state index contributed by atoms with van der Waals surface area (Å²) in [6.45, 7) is 2.11. The second kappa shape index (κ2) is 9.05. The first kappa shape index (κ1) is 22.7. The minimum atomic E-state index is -0.900. The van der Waals surface area contributed by atoms with E-state index in [1.807, 2.05) is 6.08 Å². The van der Waals surface area contributed by atoms with Gasteiger partial charge >= 0.3 is 0 Å². The van der Waals surface area contributed by atoms with E-state index >= 15 is 0 Å². The molecule has 0 heterocycles. The summed E-state index contributed by atoms with van der Waals surface area (Å²) in [4.78, 5) is 0. The van der Waals surface area contributed by atoms with Crippen molar-refractivity contribution in [3.63, 3.8) is 0 Å². The quantitative estimate of drug-likeness (QED) is 0.371. The fourth-order valence-electron chi connectivity index (χ4n) is 3.79. The Morgan fingerprint density at radius 1 is 0.920 bits per heavy atom. The van der Waals surface area contributed by atoms with Crippen LogP contribution in [-0.2, 0) is 28.4 Å². The molecule has 146 valence electrons. The summed E-state index contributed by atoms with van der Waals surface area (Å²) in [5.74, 6) is -1.75. The third kappa shape index (κ3) is 3.72. The lowest BCUT2D eigenvalue weighted by Gasteiger charge is -2.49. The van der Waals surface area contributed by atoms with E-state index in [1.165, 1.54) is 0 Å². The maximum absolute atomic E-state index is 5.85. The fourth-order valence-corrected chi connectivity index (χ4v) is 5.73. The molecule has 0 aromatic heterocycles. The first-order chi connectivity index (χ1) is 11.8. The van der Waals surface area contributed by atoms with Crippen molar-refractivity contribution in [1.82, 2.24) is 0 Å². The highest BCUT2D eigenvalue weighted by Gasteiger charge is 2.53. The molecule has 1 rings (SSSR count). The fraction of sp³-hybridized carbons (Fsp3) is 0.765. The Balaban J connectivity index is 3.26. The van der Waals surface area contributed by atoms with Crippen molar-refractivity contribution in [3.8, 4) is 0 Å². The van der Waals surface area contributed by atoms with Crippen LogP contribution in [0.5, 0.6) is 0 Å². The van der Waals surface area contributed by atoms with E-state index in [-0.39, 0.29) is 16.9 Å². The summed E-state index contributed by atoms with van der Waals surface area (Å²) < 4.78 is 34.3. The molecule has 0 aromatic rings. The van der Waals surface area contributed by atoms with Gasteiger partial charge in [0.15, 0.2) is 5.79 Å². The monoisotopic (exact) mass is 390 g/mol. The SMILES string of the molecule is COC([SiH3])C(OC)(OC)C1=CCC(C)(C(OC)(OC)C([SiH3])OC)C=C1. The minimum absolute atomic E-state index is 0.119. The summed E-state index contributed by atoms with van der Waals surface area (Å²) in [7, 11) is 11.5. The van der Waals surface area contributed by atoms with Crippen LogP contribution in [0.1, 0.15) is 13.3 Å². The van der Waals surface area contributed by atoms with Crippen molar-refractivity contribution in [2.24, 2.45) is 5.41 Å². The molecule has 6 nitrogen and oxygen atoms in total. The van der Waals surface area contributed by atoms with Crippen LogP contribution in [0.2, 0.25) is 0 Å². The van der Waals surface area contributed by atoms with Crippen molar-refractivity contribution >= 4 is 20.5 Å². The number of ether oxygens (including phenoxy) is 6. The molecule has 0 amide bonds. The molecule has 0 bridgehead atoms. The van der Waals surface area contributed by atoms with Gasteiger partial charge in [0.05, 0.1) is 11.5 Å². The number of rotatable bonds is 10. The van der Waals surface area contributed by atoms with Gasteiger partial charge in [0.1, 0.15) is 0 Å². The summed E-state index contributed by atoms with van der Waals surface area (Å²) in [6.07, 6.45) is 6.95. The molecular formula is C17H34O6Si2. The number of hydrogen-bond donors (Lipinski definition) is 0. The molecule has 3 unspecified atom stereocenters. The van der Waals surface area contributed by atoms with Crippen LogP contribution < -0.4 is 0 Å². The zero-order chi connectivity index (χ0) is 19.3. The van der Waals surface area contributed by atoms with E-state index in [0.717, 1.165) is 26.1 Å². The first-order valence-corrected chi connectivity index (χ1v) is 10.7. The van der Waals surface area contributed by atoms with E-state index in [9.17, 15) is 0 Å². The molecule has 0 aromatic carbocycles. The molecule has 25 heavy (non-hydrogen) atoms. The summed E-state index contributed by atoms with van der Waals surface area (Å²) in [5.41, 5.74) is 0.304. The summed E-state index contributed by atoms with van der Waals surface area (Å²) >= 11 is 0. The van der Waals surface area contributed by atoms with E-state index in [4.69, 9.17) is 28.4 Å². The minimum Gasteiger partial charge on any atom is -0.380 e. The van der Waals surface area contributed by atoms with E-state index < -0.39 is 11.6 Å². The van der Waals surface area contributed by atoms with Crippen LogP contribution in [0, 0.1) is 5.41 Å². The van der Waals surface area contributed by atoms with Gasteiger partial charge in [-0.15, -0.1) is 0 Å². The maximum Gasteiger partial charge on any atom is 0.217 e.